The second kappa shape index (κ2) is 5.88. The first-order valence-corrected chi connectivity index (χ1v) is 6.12. The summed E-state index contributed by atoms with van der Waals surface area (Å²) >= 11 is 0. The number of nitrogens with one attached hydrogen (secondary N) is 1. The Morgan fingerprint density at radius 3 is 3.11 bits per heavy atom. The van der Waals surface area contributed by atoms with Gasteiger partial charge in [0.05, 0.1) is 19.8 Å². The quantitative estimate of drug-likeness (QED) is 0.866. The van der Waals surface area contributed by atoms with Gasteiger partial charge in [-0.1, -0.05) is 0 Å². The summed E-state index contributed by atoms with van der Waals surface area (Å²) in [6.07, 6.45) is 0.338. The molecule has 1 aromatic rings. The molecule has 0 spiro atoms. The number of nitrogens with zero attached hydrogens (tertiary/aromatic N) is 1. The fraction of sp³-hybridized carbons (Fsp3) is 0.462. The lowest BCUT2D eigenvalue weighted by Gasteiger charge is -2.21. The Bertz CT molecular complexity index is 467. The van der Waals surface area contributed by atoms with E-state index in [9.17, 15) is 14.3 Å². The number of carbonyl (C=O) groups is 1. The molecule has 19 heavy (non-hydrogen) atoms. The maximum Gasteiger partial charge on any atom is 0.407 e. The van der Waals surface area contributed by atoms with E-state index in [4.69, 9.17) is 0 Å². The van der Waals surface area contributed by atoms with E-state index in [1.807, 2.05) is 4.90 Å². The SMILES string of the molecule is COC(=O)NC1CCN(c2ccc(F)cc2CO)C1. The van der Waals surface area contributed by atoms with E-state index in [1.54, 1.807) is 6.07 Å². The maximum absolute atomic E-state index is 13.1. The van der Waals surface area contributed by atoms with Crippen LogP contribution in [0.2, 0.25) is 0 Å². The molecule has 1 aliphatic rings. The van der Waals surface area contributed by atoms with Gasteiger partial charge in [0.15, 0.2) is 0 Å². The first-order chi connectivity index (χ1) is 9.13. The summed E-state index contributed by atoms with van der Waals surface area (Å²) in [4.78, 5) is 13.2. The summed E-state index contributed by atoms with van der Waals surface area (Å²) in [7, 11) is 1.33. The first-order valence-electron chi connectivity index (χ1n) is 6.12. The molecule has 1 fully saturated rings. The number of carbonyl (C=O) groups excluding carboxylic acids is 1. The van der Waals surface area contributed by atoms with Gasteiger partial charge < -0.3 is 20.1 Å². The Morgan fingerprint density at radius 2 is 2.42 bits per heavy atom. The third-order valence-electron chi connectivity index (χ3n) is 3.25. The van der Waals surface area contributed by atoms with Crippen molar-refractivity contribution in [3.8, 4) is 0 Å². The molecule has 1 heterocycles. The van der Waals surface area contributed by atoms with Crippen molar-refractivity contribution in [1.29, 1.82) is 0 Å². The lowest BCUT2D eigenvalue weighted by molar-refractivity contribution is 0.167. The lowest BCUT2D eigenvalue weighted by Crippen LogP contribution is -2.37. The molecule has 1 aliphatic heterocycles. The van der Waals surface area contributed by atoms with Gasteiger partial charge >= 0.3 is 6.09 Å². The van der Waals surface area contributed by atoms with Gasteiger partial charge in [-0.25, -0.2) is 9.18 Å². The van der Waals surface area contributed by atoms with Gasteiger partial charge in [-0.05, 0) is 24.6 Å². The van der Waals surface area contributed by atoms with Gasteiger partial charge in [0.2, 0.25) is 0 Å². The summed E-state index contributed by atoms with van der Waals surface area (Å²) in [5.74, 6) is -0.365. The zero-order valence-corrected chi connectivity index (χ0v) is 10.7. The fourth-order valence-corrected chi connectivity index (χ4v) is 2.31. The second-order valence-electron chi connectivity index (χ2n) is 4.50. The molecule has 5 nitrogen and oxygen atoms in total. The summed E-state index contributed by atoms with van der Waals surface area (Å²) < 4.78 is 17.7. The molecule has 0 aromatic heterocycles. The van der Waals surface area contributed by atoms with Crippen molar-refractivity contribution in [2.45, 2.75) is 19.1 Å². The maximum atomic E-state index is 13.1. The minimum Gasteiger partial charge on any atom is -0.453 e. The minimum atomic E-state index is -0.451. The van der Waals surface area contributed by atoms with E-state index in [0.717, 1.165) is 18.7 Å². The smallest absolute Gasteiger partial charge is 0.407 e. The molecule has 1 aromatic carbocycles. The van der Waals surface area contributed by atoms with Crippen molar-refractivity contribution < 1.29 is 19.0 Å². The molecule has 2 N–H and O–H groups in total. The minimum absolute atomic E-state index is 0.00375. The van der Waals surface area contributed by atoms with Crippen molar-refractivity contribution in [3.05, 3.63) is 29.6 Å². The Kier molecular flexibility index (Phi) is 4.21. The molecular formula is C13H17FN2O3. The summed E-state index contributed by atoms with van der Waals surface area (Å²) in [6, 6.07) is 4.36. The normalized spacial score (nSPS) is 18.5. The van der Waals surface area contributed by atoms with E-state index in [2.05, 4.69) is 10.1 Å². The van der Waals surface area contributed by atoms with Crippen LogP contribution >= 0.6 is 0 Å². The largest absolute Gasteiger partial charge is 0.453 e. The van der Waals surface area contributed by atoms with Crippen molar-refractivity contribution in [1.82, 2.24) is 5.32 Å². The number of aliphatic hydroxyl groups is 1. The fourth-order valence-electron chi connectivity index (χ4n) is 2.31. The number of ether oxygens (including phenoxy) is 1. The topological polar surface area (TPSA) is 61.8 Å². The Balaban J connectivity index is 2.06. The highest BCUT2D eigenvalue weighted by molar-refractivity contribution is 5.67. The van der Waals surface area contributed by atoms with Crippen LogP contribution in [0.5, 0.6) is 0 Å². The van der Waals surface area contributed by atoms with Crippen LogP contribution in [0.3, 0.4) is 0 Å². The summed E-state index contributed by atoms with van der Waals surface area (Å²) in [5.41, 5.74) is 1.36. The highest BCUT2D eigenvalue weighted by atomic mass is 19.1. The number of rotatable bonds is 3. The van der Waals surface area contributed by atoms with Gasteiger partial charge in [-0.15, -0.1) is 0 Å². The zero-order valence-electron chi connectivity index (χ0n) is 10.7. The van der Waals surface area contributed by atoms with E-state index >= 15 is 0 Å². The monoisotopic (exact) mass is 268 g/mol. The highest BCUT2D eigenvalue weighted by Crippen LogP contribution is 2.25. The highest BCUT2D eigenvalue weighted by Gasteiger charge is 2.25. The number of alkyl carbamates (subject to hydrolysis) is 1. The molecule has 0 saturated carbocycles. The van der Waals surface area contributed by atoms with Crippen LogP contribution in [0.25, 0.3) is 0 Å². The standard InChI is InChI=1S/C13H17FN2O3/c1-19-13(18)15-11-4-5-16(7-11)12-3-2-10(14)6-9(12)8-17/h2-3,6,11,17H,4-5,7-8H2,1H3,(H,15,18). The number of aliphatic hydroxyl groups excluding tert-OH is 1. The third kappa shape index (κ3) is 3.14. The average Bonchev–Trinajstić information content (AvgIpc) is 2.86. The molecule has 0 aliphatic carbocycles. The van der Waals surface area contributed by atoms with Crippen molar-refractivity contribution >= 4 is 11.8 Å². The van der Waals surface area contributed by atoms with Crippen LogP contribution in [0.1, 0.15) is 12.0 Å². The molecule has 1 atom stereocenters. The number of anilines is 1. The van der Waals surface area contributed by atoms with Crippen LogP contribution in [0.15, 0.2) is 18.2 Å². The number of hydrogen-bond acceptors (Lipinski definition) is 4. The number of hydrogen-bond donors (Lipinski definition) is 2. The predicted molar refractivity (Wildman–Crippen MR) is 68.5 cm³/mol. The molecule has 104 valence electrons. The van der Waals surface area contributed by atoms with Crippen LogP contribution in [-0.2, 0) is 11.3 Å². The van der Waals surface area contributed by atoms with E-state index in [0.29, 0.717) is 12.1 Å². The van der Waals surface area contributed by atoms with Crippen LogP contribution < -0.4 is 10.2 Å². The Morgan fingerprint density at radius 1 is 1.63 bits per heavy atom. The van der Waals surface area contributed by atoms with Crippen molar-refractivity contribution in [2.24, 2.45) is 0 Å². The number of halogens is 1. The molecule has 6 heteroatoms. The zero-order chi connectivity index (χ0) is 13.8. The number of methoxy groups -OCH3 is 1. The molecule has 2 rings (SSSR count). The van der Waals surface area contributed by atoms with E-state index in [1.165, 1.54) is 19.2 Å². The second-order valence-corrected chi connectivity index (χ2v) is 4.50. The van der Waals surface area contributed by atoms with Gasteiger partial charge in [0.25, 0.3) is 0 Å². The van der Waals surface area contributed by atoms with E-state index < -0.39 is 6.09 Å². The Labute approximate surface area is 111 Å². The van der Waals surface area contributed by atoms with Gasteiger partial charge in [-0.2, -0.15) is 0 Å². The average molecular weight is 268 g/mol. The summed E-state index contributed by atoms with van der Waals surface area (Å²) in [5, 5.41) is 12.0. The van der Waals surface area contributed by atoms with E-state index in [-0.39, 0.29) is 18.5 Å². The van der Waals surface area contributed by atoms with Crippen molar-refractivity contribution in [2.75, 3.05) is 25.1 Å². The van der Waals surface area contributed by atoms with Crippen molar-refractivity contribution in [3.63, 3.8) is 0 Å². The van der Waals surface area contributed by atoms with Gasteiger partial charge in [-0.3, -0.25) is 0 Å². The lowest BCUT2D eigenvalue weighted by atomic mass is 10.1. The first kappa shape index (κ1) is 13.6. The predicted octanol–water partition coefficient (Wildman–Crippen LogP) is 1.25. The van der Waals surface area contributed by atoms with Crippen LogP contribution in [0, 0.1) is 5.82 Å². The van der Waals surface area contributed by atoms with Crippen LogP contribution in [-0.4, -0.2) is 37.4 Å². The molecule has 0 radical (unpaired) electrons. The summed E-state index contributed by atoms with van der Waals surface area (Å²) in [6.45, 7) is 1.15. The molecular weight excluding hydrogens is 251 g/mol. The van der Waals surface area contributed by atoms with Gasteiger partial charge in [0.1, 0.15) is 5.82 Å². The molecule has 0 bridgehead atoms. The van der Waals surface area contributed by atoms with Gasteiger partial charge in [0, 0.05) is 24.3 Å². The number of amides is 1. The molecule has 1 amide bonds. The Hall–Kier alpha value is -1.82. The number of benzene rings is 1. The molecule has 1 unspecified atom stereocenters. The molecule has 1 saturated heterocycles. The third-order valence-corrected chi connectivity index (χ3v) is 3.25. The van der Waals surface area contributed by atoms with Crippen LogP contribution in [0.4, 0.5) is 14.9 Å².